The summed E-state index contributed by atoms with van der Waals surface area (Å²) in [4.78, 5) is 12.0. The first-order chi connectivity index (χ1) is 9.63. The highest BCUT2D eigenvalue weighted by Crippen LogP contribution is 2.24. The zero-order chi connectivity index (χ0) is 14.1. The second-order valence-corrected chi connectivity index (χ2v) is 4.50. The second-order valence-electron chi connectivity index (χ2n) is 4.50. The first-order valence-corrected chi connectivity index (χ1v) is 6.06. The fourth-order valence-corrected chi connectivity index (χ4v) is 1.95. The molecular weight excluding hydrogens is 259 g/mol. The average Bonchev–Trinajstić information content (AvgIpc) is 2.81. The summed E-state index contributed by atoms with van der Waals surface area (Å²) in [6.07, 6.45) is 0. The summed E-state index contributed by atoms with van der Waals surface area (Å²) in [6.45, 7) is 1.94. The fraction of sp³-hybridized carbons (Fsp3) is 0.0667. The lowest BCUT2D eigenvalue weighted by molar-refractivity contribution is 0.102. The smallest absolute Gasteiger partial charge is 0.257 e. The van der Waals surface area contributed by atoms with E-state index in [1.165, 1.54) is 24.3 Å². The maximum atomic E-state index is 13.1. The molecule has 0 atom stereocenters. The standard InChI is InChI=1S/C15H11FN2O2/c1-9-5-6-13-12(7-9)14(18-20-13)17-15(19)10-3-2-4-11(16)8-10/h2-8H,1H3,(H,17,18,19). The lowest BCUT2D eigenvalue weighted by Crippen LogP contribution is -2.12. The number of aryl methyl sites for hydroxylation is 1. The third-order valence-electron chi connectivity index (χ3n) is 2.94. The van der Waals surface area contributed by atoms with Crippen LogP contribution in [0.15, 0.2) is 47.0 Å². The van der Waals surface area contributed by atoms with Gasteiger partial charge in [-0.15, -0.1) is 0 Å². The number of rotatable bonds is 2. The van der Waals surface area contributed by atoms with Crippen LogP contribution in [0, 0.1) is 12.7 Å². The highest BCUT2D eigenvalue weighted by Gasteiger charge is 2.13. The number of carbonyl (C=O) groups is 1. The molecular formula is C15H11FN2O2. The van der Waals surface area contributed by atoms with Crippen molar-refractivity contribution in [2.45, 2.75) is 6.92 Å². The van der Waals surface area contributed by atoms with Crippen molar-refractivity contribution in [3.05, 3.63) is 59.4 Å². The molecule has 1 heterocycles. The largest absolute Gasteiger partial charge is 0.354 e. The molecule has 100 valence electrons. The Morgan fingerprint density at radius 3 is 2.90 bits per heavy atom. The predicted molar refractivity (Wildman–Crippen MR) is 73.1 cm³/mol. The van der Waals surface area contributed by atoms with Crippen LogP contribution < -0.4 is 5.32 Å². The van der Waals surface area contributed by atoms with Gasteiger partial charge in [0.05, 0.1) is 5.39 Å². The molecule has 0 bridgehead atoms. The van der Waals surface area contributed by atoms with Crippen molar-refractivity contribution in [2.75, 3.05) is 5.32 Å². The first-order valence-electron chi connectivity index (χ1n) is 6.06. The number of nitrogens with one attached hydrogen (secondary N) is 1. The van der Waals surface area contributed by atoms with Crippen molar-refractivity contribution < 1.29 is 13.7 Å². The Morgan fingerprint density at radius 1 is 1.25 bits per heavy atom. The molecule has 20 heavy (non-hydrogen) atoms. The SMILES string of the molecule is Cc1ccc2onc(NC(=O)c3cccc(F)c3)c2c1. The lowest BCUT2D eigenvalue weighted by atomic mass is 10.1. The van der Waals surface area contributed by atoms with Gasteiger partial charge in [0.25, 0.3) is 5.91 Å². The lowest BCUT2D eigenvalue weighted by Gasteiger charge is -2.02. The van der Waals surface area contributed by atoms with Crippen molar-refractivity contribution in [3.63, 3.8) is 0 Å². The minimum absolute atomic E-state index is 0.230. The van der Waals surface area contributed by atoms with Crippen LogP contribution >= 0.6 is 0 Å². The fourth-order valence-electron chi connectivity index (χ4n) is 1.95. The van der Waals surface area contributed by atoms with E-state index in [1.807, 2.05) is 19.1 Å². The average molecular weight is 270 g/mol. The first kappa shape index (κ1) is 12.3. The van der Waals surface area contributed by atoms with Crippen LogP contribution in [0.1, 0.15) is 15.9 Å². The number of amides is 1. The maximum Gasteiger partial charge on any atom is 0.257 e. The molecule has 1 aromatic heterocycles. The molecule has 0 radical (unpaired) electrons. The van der Waals surface area contributed by atoms with Gasteiger partial charge in [-0.25, -0.2) is 4.39 Å². The number of halogens is 1. The summed E-state index contributed by atoms with van der Waals surface area (Å²) in [5, 5.41) is 7.17. The number of aromatic nitrogens is 1. The molecule has 4 nitrogen and oxygen atoms in total. The molecule has 0 fully saturated rings. The van der Waals surface area contributed by atoms with Crippen LogP contribution in [0.4, 0.5) is 10.2 Å². The van der Waals surface area contributed by atoms with Gasteiger partial charge in [0.2, 0.25) is 0 Å². The van der Waals surface area contributed by atoms with Crippen molar-refractivity contribution >= 4 is 22.7 Å². The van der Waals surface area contributed by atoms with Crippen LogP contribution in [0.3, 0.4) is 0 Å². The Hall–Kier alpha value is -2.69. The van der Waals surface area contributed by atoms with Gasteiger partial charge in [-0.1, -0.05) is 22.9 Å². The van der Waals surface area contributed by atoms with Crippen LogP contribution in [0.2, 0.25) is 0 Å². The van der Waals surface area contributed by atoms with Gasteiger partial charge in [0.15, 0.2) is 11.4 Å². The van der Waals surface area contributed by atoms with Crippen LogP contribution in [0.5, 0.6) is 0 Å². The van der Waals surface area contributed by atoms with E-state index < -0.39 is 11.7 Å². The molecule has 2 aromatic carbocycles. The Bertz CT molecular complexity index is 795. The van der Waals surface area contributed by atoms with Crippen molar-refractivity contribution in [3.8, 4) is 0 Å². The van der Waals surface area contributed by atoms with E-state index in [4.69, 9.17) is 4.52 Å². The normalized spacial score (nSPS) is 10.7. The van der Waals surface area contributed by atoms with E-state index in [-0.39, 0.29) is 5.56 Å². The van der Waals surface area contributed by atoms with Crippen LogP contribution in [-0.4, -0.2) is 11.1 Å². The summed E-state index contributed by atoms with van der Waals surface area (Å²) in [5.41, 5.74) is 1.85. The van der Waals surface area contributed by atoms with Gasteiger partial charge >= 0.3 is 0 Å². The highest BCUT2D eigenvalue weighted by atomic mass is 19.1. The quantitative estimate of drug-likeness (QED) is 0.775. The summed E-state index contributed by atoms with van der Waals surface area (Å²) in [5.74, 6) is -0.558. The molecule has 0 aliphatic carbocycles. The molecule has 3 aromatic rings. The molecule has 0 saturated carbocycles. The van der Waals surface area contributed by atoms with E-state index in [0.717, 1.165) is 10.9 Å². The molecule has 3 rings (SSSR count). The minimum atomic E-state index is -0.460. The Morgan fingerprint density at radius 2 is 2.10 bits per heavy atom. The number of fused-ring (bicyclic) bond motifs is 1. The third kappa shape index (κ3) is 2.25. The Labute approximate surface area is 114 Å². The molecule has 5 heteroatoms. The summed E-state index contributed by atoms with van der Waals surface area (Å²) < 4.78 is 18.2. The predicted octanol–water partition coefficient (Wildman–Crippen LogP) is 3.53. The van der Waals surface area contributed by atoms with E-state index in [0.29, 0.717) is 11.4 Å². The molecule has 1 amide bonds. The number of nitrogens with zero attached hydrogens (tertiary/aromatic N) is 1. The van der Waals surface area contributed by atoms with Gasteiger partial charge in [0.1, 0.15) is 5.82 Å². The van der Waals surface area contributed by atoms with Crippen LogP contribution in [0.25, 0.3) is 11.0 Å². The van der Waals surface area contributed by atoms with E-state index in [9.17, 15) is 9.18 Å². The topological polar surface area (TPSA) is 55.1 Å². The summed E-state index contributed by atoms with van der Waals surface area (Å²) in [6, 6.07) is 11.0. The Kier molecular flexibility index (Phi) is 2.95. The number of hydrogen-bond acceptors (Lipinski definition) is 3. The van der Waals surface area contributed by atoms with Gasteiger partial charge in [-0.05, 0) is 37.3 Å². The second kappa shape index (κ2) is 4.77. The number of carbonyl (C=O) groups excluding carboxylic acids is 1. The molecule has 0 unspecified atom stereocenters. The summed E-state index contributed by atoms with van der Waals surface area (Å²) in [7, 11) is 0. The van der Waals surface area contributed by atoms with Gasteiger partial charge in [0, 0.05) is 5.56 Å². The van der Waals surface area contributed by atoms with Gasteiger partial charge in [-0.2, -0.15) is 0 Å². The van der Waals surface area contributed by atoms with E-state index in [2.05, 4.69) is 10.5 Å². The summed E-state index contributed by atoms with van der Waals surface area (Å²) >= 11 is 0. The van der Waals surface area contributed by atoms with Crippen LogP contribution in [-0.2, 0) is 0 Å². The zero-order valence-electron chi connectivity index (χ0n) is 10.7. The molecule has 0 aliphatic heterocycles. The molecule has 1 N–H and O–H groups in total. The van der Waals surface area contributed by atoms with E-state index in [1.54, 1.807) is 6.07 Å². The maximum absolute atomic E-state index is 13.1. The van der Waals surface area contributed by atoms with Crippen molar-refractivity contribution in [2.24, 2.45) is 0 Å². The molecule has 0 spiro atoms. The molecule has 0 saturated heterocycles. The van der Waals surface area contributed by atoms with E-state index >= 15 is 0 Å². The number of benzene rings is 2. The van der Waals surface area contributed by atoms with Gasteiger partial charge in [-0.3, -0.25) is 4.79 Å². The molecule has 0 aliphatic rings. The van der Waals surface area contributed by atoms with Gasteiger partial charge < -0.3 is 9.84 Å². The number of hydrogen-bond donors (Lipinski definition) is 1. The minimum Gasteiger partial charge on any atom is -0.354 e. The van der Waals surface area contributed by atoms with Crippen molar-refractivity contribution in [1.29, 1.82) is 0 Å². The third-order valence-corrected chi connectivity index (χ3v) is 2.94. The monoisotopic (exact) mass is 270 g/mol. The Balaban J connectivity index is 1.93. The number of anilines is 1. The zero-order valence-corrected chi connectivity index (χ0v) is 10.7. The van der Waals surface area contributed by atoms with Crippen molar-refractivity contribution in [1.82, 2.24) is 5.16 Å². The highest BCUT2D eigenvalue weighted by molar-refractivity contribution is 6.07.